The number of halogens is 1. The molecule has 2 aliphatic heterocycles. The van der Waals surface area contributed by atoms with Gasteiger partial charge in [0, 0.05) is 38.0 Å². The number of rotatable bonds is 4. The zero-order valence-corrected chi connectivity index (χ0v) is 10.6. The number of amides is 1. The number of hydrogen-bond donors (Lipinski definition) is 0. The van der Waals surface area contributed by atoms with Crippen molar-refractivity contribution in [3.8, 4) is 0 Å². The SMILES string of the molecule is O=C(CCCCCl)N1CCN2CCCC2C1. The maximum Gasteiger partial charge on any atom is 0.222 e. The molecule has 1 unspecified atom stereocenters. The van der Waals surface area contributed by atoms with Crippen LogP contribution in [-0.2, 0) is 4.79 Å². The van der Waals surface area contributed by atoms with E-state index in [2.05, 4.69) is 9.80 Å². The van der Waals surface area contributed by atoms with E-state index < -0.39 is 0 Å². The summed E-state index contributed by atoms with van der Waals surface area (Å²) in [6.45, 7) is 4.20. The molecule has 0 aromatic carbocycles. The van der Waals surface area contributed by atoms with Crippen LogP contribution in [-0.4, -0.2) is 53.8 Å². The van der Waals surface area contributed by atoms with Crippen molar-refractivity contribution in [2.45, 2.75) is 38.1 Å². The number of unbranched alkanes of at least 4 members (excludes halogenated alkanes) is 1. The largest absolute Gasteiger partial charge is 0.340 e. The predicted octanol–water partition coefficient (Wildman–Crippen LogP) is 1.70. The minimum atomic E-state index is 0.330. The van der Waals surface area contributed by atoms with Crippen LogP contribution in [0.4, 0.5) is 0 Å². The van der Waals surface area contributed by atoms with Gasteiger partial charge in [-0.2, -0.15) is 0 Å². The first-order valence-corrected chi connectivity index (χ1v) is 6.92. The number of fused-ring (bicyclic) bond motifs is 1. The molecule has 0 radical (unpaired) electrons. The second-order valence-electron chi connectivity index (χ2n) is 4.82. The average molecular weight is 245 g/mol. The van der Waals surface area contributed by atoms with Gasteiger partial charge in [0.2, 0.25) is 5.91 Å². The molecule has 92 valence electrons. The minimum absolute atomic E-state index is 0.330. The number of hydrogen-bond acceptors (Lipinski definition) is 2. The summed E-state index contributed by atoms with van der Waals surface area (Å²) in [5.74, 6) is 1.00. The van der Waals surface area contributed by atoms with Gasteiger partial charge in [-0.05, 0) is 32.2 Å². The van der Waals surface area contributed by atoms with Crippen LogP contribution in [0.15, 0.2) is 0 Å². The van der Waals surface area contributed by atoms with E-state index in [1.54, 1.807) is 0 Å². The van der Waals surface area contributed by atoms with E-state index in [1.807, 2.05) is 0 Å². The molecule has 2 saturated heterocycles. The quantitative estimate of drug-likeness (QED) is 0.555. The van der Waals surface area contributed by atoms with Gasteiger partial charge in [0.25, 0.3) is 0 Å². The van der Waals surface area contributed by atoms with Crippen molar-refractivity contribution in [2.24, 2.45) is 0 Å². The zero-order chi connectivity index (χ0) is 11.4. The first-order chi connectivity index (χ1) is 7.81. The molecule has 0 N–H and O–H groups in total. The maximum atomic E-state index is 11.9. The number of alkyl halides is 1. The molecular formula is C12H21ClN2O. The molecule has 0 aromatic rings. The van der Waals surface area contributed by atoms with Gasteiger partial charge in [-0.15, -0.1) is 11.6 Å². The lowest BCUT2D eigenvalue weighted by Crippen LogP contribution is -2.52. The Kier molecular flexibility index (Phi) is 4.47. The molecule has 2 rings (SSSR count). The van der Waals surface area contributed by atoms with E-state index in [1.165, 1.54) is 19.4 Å². The normalized spacial score (nSPS) is 25.8. The van der Waals surface area contributed by atoms with Gasteiger partial charge in [-0.1, -0.05) is 0 Å². The monoisotopic (exact) mass is 244 g/mol. The van der Waals surface area contributed by atoms with E-state index in [0.717, 1.165) is 32.5 Å². The highest BCUT2D eigenvalue weighted by molar-refractivity contribution is 6.17. The molecule has 0 saturated carbocycles. The summed E-state index contributed by atoms with van der Waals surface area (Å²) in [5, 5.41) is 0. The topological polar surface area (TPSA) is 23.6 Å². The highest BCUT2D eigenvalue weighted by Crippen LogP contribution is 2.21. The first kappa shape index (κ1) is 12.2. The second-order valence-corrected chi connectivity index (χ2v) is 5.20. The number of piperazine rings is 1. The van der Waals surface area contributed by atoms with Gasteiger partial charge < -0.3 is 4.90 Å². The van der Waals surface area contributed by atoms with Crippen LogP contribution in [0.2, 0.25) is 0 Å². The fraction of sp³-hybridized carbons (Fsp3) is 0.917. The lowest BCUT2D eigenvalue weighted by atomic mass is 10.1. The Morgan fingerprint density at radius 1 is 1.25 bits per heavy atom. The van der Waals surface area contributed by atoms with E-state index in [9.17, 15) is 4.79 Å². The van der Waals surface area contributed by atoms with Gasteiger partial charge in [0.1, 0.15) is 0 Å². The molecular weight excluding hydrogens is 224 g/mol. The Morgan fingerprint density at radius 3 is 2.94 bits per heavy atom. The van der Waals surface area contributed by atoms with Gasteiger partial charge in [-0.3, -0.25) is 9.69 Å². The molecule has 0 spiro atoms. The van der Waals surface area contributed by atoms with Crippen LogP contribution in [0.1, 0.15) is 32.1 Å². The molecule has 3 nitrogen and oxygen atoms in total. The maximum absolute atomic E-state index is 11.9. The molecule has 2 heterocycles. The van der Waals surface area contributed by atoms with Crippen LogP contribution in [0.25, 0.3) is 0 Å². The summed E-state index contributed by atoms with van der Waals surface area (Å²) < 4.78 is 0. The Bertz CT molecular complexity index is 247. The molecule has 2 aliphatic rings. The Labute approximate surface area is 103 Å². The van der Waals surface area contributed by atoms with E-state index in [4.69, 9.17) is 11.6 Å². The number of carbonyl (C=O) groups is 1. The van der Waals surface area contributed by atoms with E-state index in [0.29, 0.717) is 24.2 Å². The smallest absolute Gasteiger partial charge is 0.222 e. The fourth-order valence-corrected chi connectivity index (χ4v) is 2.94. The second kappa shape index (κ2) is 5.87. The summed E-state index contributed by atoms with van der Waals surface area (Å²) >= 11 is 5.61. The van der Waals surface area contributed by atoms with Gasteiger partial charge in [-0.25, -0.2) is 0 Å². The molecule has 1 amide bonds. The standard InChI is InChI=1S/C12H21ClN2O/c13-6-2-1-5-12(16)15-9-8-14-7-3-4-11(14)10-15/h11H,1-10H2. The van der Waals surface area contributed by atoms with Crippen molar-refractivity contribution in [3.05, 3.63) is 0 Å². The number of nitrogens with zero attached hydrogens (tertiary/aromatic N) is 2. The summed E-state index contributed by atoms with van der Waals surface area (Å²) in [7, 11) is 0. The van der Waals surface area contributed by atoms with Crippen molar-refractivity contribution in [1.29, 1.82) is 0 Å². The number of carbonyl (C=O) groups excluding carboxylic acids is 1. The van der Waals surface area contributed by atoms with Crippen LogP contribution in [0.5, 0.6) is 0 Å². The van der Waals surface area contributed by atoms with Crippen LogP contribution >= 0.6 is 11.6 Å². The highest BCUT2D eigenvalue weighted by atomic mass is 35.5. The Morgan fingerprint density at radius 2 is 2.12 bits per heavy atom. The lowest BCUT2D eigenvalue weighted by Gasteiger charge is -2.37. The van der Waals surface area contributed by atoms with Crippen molar-refractivity contribution in [2.75, 3.05) is 32.1 Å². The first-order valence-electron chi connectivity index (χ1n) is 6.39. The summed E-state index contributed by atoms with van der Waals surface area (Å²) in [4.78, 5) is 16.5. The third-order valence-electron chi connectivity index (χ3n) is 3.71. The summed E-state index contributed by atoms with van der Waals surface area (Å²) in [5.41, 5.74) is 0. The third kappa shape index (κ3) is 2.89. The Balaban J connectivity index is 1.75. The molecule has 0 aliphatic carbocycles. The van der Waals surface area contributed by atoms with E-state index in [-0.39, 0.29) is 0 Å². The van der Waals surface area contributed by atoms with Crippen molar-refractivity contribution >= 4 is 17.5 Å². The van der Waals surface area contributed by atoms with Gasteiger partial charge >= 0.3 is 0 Å². The molecule has 16 heavy (non-hydrogen) atoms. The van der Waals surface area contributed by atoms with E-state index >= 15 is 0 Å². The minimum Gasteiger partial charge on any atom is -0.340 e. The average Bonchev–Trinajstić information content (AvgIpc) is 2.76. The highest BCUT2D eigenvalue weighted by Gasteiger charge is 2.31. The lowest BCUT2D eigenvalue weighted by molar-refractivity contribution is -0.133. The summed E-state index contributed by atoms with van der Waals surface area (Å²) in [6, 6.07) is 0.644. The van der Waals surface area contributed by atoms with Crippen LogP contribution < -0.4 is 0 Å². The molecule has 0 bridgehead atoms. The van der Waals surface area contributed by atoms with Crippen molar-refractivity contribution < 1.29 is 4.79 Å². The van der Waals surface area contributed by atoms with Crippen LogP contribution in [0, 0.1) is 0 Å². The van der Waals surface area contributed by atoms with Crippen molar-refractivity contribution in [1.82, 2.24) is 9.80 Å². The van der Waals surface area contributed by atoms with Gasteiger partial charge in [0.05, 0.1) is 0 Å². The summed E-state index contributed by atoms with van der Waals surface area (Å²) in [6.07, 6.45) is 5.15. The molecule has 1 atom stereocenters. The Hall–Kier alpha value is -0.280. The predicted molar refractivity (Wildman–Crippen MR) is 65.7 cm³/mol. The van der Waals surface area contributed by atoms with Crippen LogP contribution in [0.3, 0.4) is 0 Å². The van der Waals surface area contributed by atoms with Crippen molar-refractivity contribution in [3.63, 3.8) is 0 Å². The molecule has 0 aromatic heterocycles. The molecule has 2 fully saturated rings. The van der Waals surface area contributed by atoms with Gasteiger partial charge in [0.15, 0.2) is 0 Å². The third-order valence-corrected chi connectivity index (χ3v) is 3.98. The molecule has 4 heteroatoms. The fourth-order valence-electron chi connectivity index (χ4n) is 2.75. The zero-order valence-electron chi connectivity index (χ0n) is 9.83.